The van der Waals surface area contributed by atoms with E-state index < -0.39 is 0 Å². The van der Waals surface area contributed by atoms with Crippen molar-refractivity contribution in [2.45, 2.75) is 6.42 Å². The molecule has 1 N–H and O–H groups in total. The van der Waals surface area contributed by atoms with Crippen LogP contribution in [0.1, 0.15) is 5.56 Å². The number of aromatic amines is 1. The van der Waals surface area contributed by atoms with E-state index in [0.29, 0.717) is 5.52 Å². The van der Waals surface area contributed by atoms with Gasteiger partial charge < -0.3 is 14.8 Å². The van der Waals surface area contributed by atoms with Crippen LogP contribution >= 0.6 is 0 Å². The summed E-state index contributed by atoms with van der Waals surface area (Å²) >= 11 is 0. The summed E-state index contributed by atoms with van der Waals surface area (Å²) in [6.45, 7) is 5.60. The molecular formula is C15H20FN3. The standard InChI is InChI=1S/C15H20FN3/c1-18-7-9-19(10-8-18)6-5-12-11-17-15-13(12)3-2-4-14(15)16/h2-4,11,17H,5-10H2,1H3. The smallest absolute Gasteiger partial charge is 0.147 e. The van der Waals surface area contributed by atoms with Crippen molar-refractivity contribution in [1.29, 1.82) is 0 Å². The average Bonchev–Trinajstić information content (AvgIpc) is 2.83. The van der Waals surface area contributed by atoms with E-state index in [2.05, 4.69) is 21.8 Å². The molecule has 4 heteroatoms. The van der Waals surface area contributed by atoms with Gasteiger partial charge in [-0.15, -0.1) is 0 Å². The van der Waals surface area contributed by atoms with Crippen LogP contribution in [-0.2, 0) is 6.42 Å². The van der Waals surface area contributed by atoms with Crippen LogP contribution in [0.2, 0.25) is 0 Å². The number of fused-ring (bicyclic) bond motifs is 1. The van der Waals surface area contributed by atoms with Crippen LogP contribution in [-0.4, -0.2) is 54.6 Å². The number of halogens is 1. The van der Waals surface area contributed by atoms with Gasteiger partial charge in [0, 0.05) is 44.3 Å². The van der Waals surface area contributed by atoms with E-state index in [1.54, 1.807) is 6.07 Å². The second-order valence-electron chi connectivity index (χ2n) is 5.37. The third-order valence-corrected chi connectivity index (χ3v) is 4.04. The van der Waals surface area contributed by atoms with E-state index in [1.807, 2.05) is 12.3 Å². The molecular weight excluding hydrogens is 241 g/mol. The third-order valence-electron chi connectivity index (χ3n) is 4.04. The van der Waals surface area contributed by atoms with E-state index in [0.717, 1.165) is 44.5 Å². The molecule has 0 bridgehead atoms. The molecule has 0 unspecified atom stereocenters. The summed E-state index contributed by atoms with van der Waals surface area (Å²) in [5, 5.41) is 1.02. The zero-order valence-electron chi connectivity index (χ0n) is 11.3. The summed E-state index contributed by atoms with van der Waals surface area (Å²) < 4.78 is 13.6. The number of nitrogens with zero attached hydrogens (tertiary/aromatic N) is 2. The van der Waals surface area contributed by atoms with E-state index in [1.165, 1.54) is 11.6 Å². The van der Waals surface area contributed by atoms with Gasteiger partial charge in [-0.1, -0.05) is 12.1 Å². The number of hydrogen-bond acceptors (Lipinski definition) is 2. The Morgan fingerprint density at radius 3 is 2.79 bits per heavy atom. The maximum atomic E-state index is 13.6. The molecule has 102 valence electrons. The SMILES string of the molecule is CN1CCN(CCc2c[nH]c3c(F)cccc23)CC1. The van der Waals surface area contributed by atoms with Crippen LogP contribution in [0.3, 0.4) is 0 Å². The molecule has 0 radical (unpaired) electrons. The van der Waals surface area contributed by atoms with Crippen molar-refractivity contribution in [3.05, 3.63) is 35.8 Å². The van der Waals surface area contributed by atoms with Gasteiger partial charge in [-0.2, -0.15) is 0 Å². The Hall–Kier alpha value is -1.39. The minimum Gasteiger partial charge on any atom is -0.359 e. The van der Waals surface area contributed by atoms with Gasteiger partial charge in [0.2, 0.25) is 0 Å². The van der Waals surface area contributed by atoms with Crippen LogP contribution in [0.15, 0.2) is 24.4 Å². The molecule has 1 saturated heterocycles. The maximum absolute atomic E-state index is 13.6. The summed E-state index contributed by atoms with van der Waals surface area (Å²) in [4.78, 5) is 7.89. The van der Waals surface area contributed by atoms with Crippen molar-refractivity contribution in [3.8, 4) is 0 Å². The Morgan fingerprint density at radius 1 is 1.21 bits per heavy atom. The molecule has 2 heterocycles. The first-order chi connectivity index (χ1) is 9.24. The highest BCUT2D eigenvalue weighted by Gasteiger charge is 2.14. The highest BCUT2D eigenvalue weighted by Crippen LogP contribution is 2.21. The average molecular weight is 261 g/mol. The molecule has 2 aromatic rings. The molecule has 19 heavy (non-hydrogen) atoms. The van der Waals surface area contributed by atoms with Gasteiger partial charge in [0.1, 0.15) is 5.82 Å². The van der Waals surface area contributed by atoms with E-state index in [4.69, 9.17) is 0 Å². The monoisotopic (exact) mass is 261 g/mol. The molecule has 1 aromatic carbocycles. The summed E-state index contributed by atoms with van der Waals surface area (Å²) in [5.74, 6) is -0.164. The molecule has 1 aromatic heterocycles. The van der Waals surface area contributed by atoms with Crippen molar-refractivity contribution in [1.82, 2.24) is 14.8 Å². The minimum absolute atomic E-state index is 0.164. The van der Waals surface area contributed by atoms with Crippen LogP contribution in [0.5, 0.6) is 0 Å². The largest absolute Gasteiger partial charge is 0.359 e. The second kappa shape index (κ2) is 5.31. The molecule has 1 fully saturated rings. The van der Waals surface area contributed by atoms with Crippen LogP contribution in [0, 0.1) is 5.82 Å². The first kappa shape index (κ1) is 12.6. The molecule has 3 nitrogen and oxygen atoms in total. The van der Waals surface area contributed by atoms with Crippen molar-refractivity contribution < 1.29 is 4.39 Å². The summed E-state index contributed by atoms with van der Waals surface area (Å²) in [7, 11) is 2.17. The van der Waals surface area contributed by atoms with Gasteiger partial charge >= 0.3 is 0 Å². The fraction of sp³-hybridized carbons (Fsp3) is 0.467. The quantitative estimate of drug-likeness (QED) is 0.914. The highest BCUT2D eigenvalue weighted by atomic mass is 19.1. The molecule has 1 aliphatic rings. The number of para-hydroxylation sites is 1. The van der Waals surface area contributed by atoms with Crippen molar-refractivity contribution in [2.24, 2.45) is 0 Å². The first-order valence-corrected chi connectivity index (χ1v) is 6.89. The topological polar surface area (TPSA) is 22.3 Å². The number of H-pyrrole nitrogens is 1. The molecule has 0 saturated carbocycles. The summed E-state index contributed by atoms with van der Waals surface area (Å²) in [5.41, 5.74) is 1.85. The lowest BCUT2D eigenvalue weighted by atomic mass is 10.1. The number of benzene rings is 1. The lowest BCUT2D eigenvalue weighted by Gasteiger charge is -2.32. The van der Waals surface area contributed by atoms with Gasteiger partial charge in [-0.25, -0.2) is 4.39 Å². The fourth-order valence-electron chi connectivity index (χ4n) is 2.73. The van der Waals surface area contributed by atoms with Gasteiger partial charge in [-0.3, -0.25) is 0 Å². The lowest BCUT2D eigenvalue weighted by Crippen LogP contribution is -2.45. The lowest BCUT2D eigenvalue weighted by molar-refractivity contribution is 0.155. The Morgan fingerprint density at radius 2 is 2.00 bits per heavy atom. The van der Waals surface area contributed by atoms with Crippen LogP contribution < -0.4 is 0 Å². The van der Waals surface area contributed by atoms with Crippen LogP contribution in [0.25, 0.3) is 10.9 Å². The van der Waals surface area contributed by atoms with Gasteiger partial charge in [-0.05, 0) is 25.1 Å². The molecule has 3 rings (SSSR count). The Labute approximate surface area is 113 Å². The normalized spacial score (nSPS) is 18.2. The van der Waals surface area contributed by atoms with E-state index in [-0.39, 0.29) is 5.82 Å². The maximum Gasteiger partial charge on any atom is 0.147 e. The molecule has 1 aliphatic heterocycles. The summed E-state index contributed by atoms with van der Waals surface area (Å²) in [6, 6.07) is 5.28. The minimum atomic E-state index is -0.164. The first-order valence-electron chi connectivity index (χ1n) is 6.89. The van der Waals surface area contributed by atoms with Gasteiger partial charge in [0.05, 0.1) is 5.52 Å². The second-order valence-corrected chi connectivity index (χ2v) is 5.37. The molecule has 0 aliphatic carbocycles. The van der Waals surface area contributed by atoms with Gasteiger partial charge in [0.15, 0.2) is 0 Å². The van der Waals surface area contributed by atoms with E-state index >= 15 is 0 Å². The summed E-state index contributed by atoms with van der Waals surface area (Å²) in [6.07, 6.45) is 2.93. The number of aromatic nitrogens is 1. The zero-order chi connectivity index (χ0) is 13.2. The Balaban J connectivity index is 1.67. The predicted molar refractivity (Wildman–Crippen MR) is 75.9 cm³/mol. The van der Waals surface area contributed by atoms with E-state index in [9.17, 15) is 4.39 Å². The van der Waals surface area contributed by atoms with Crippen molar-refractivity contribution in [2.75, 3.05) is 39.8 Å². The zero-order valence-corrected chi connectivity index (χ0v) is 11.3. The number of likely N-dealkylation sites (N-methyl/N-ethyl adjacent to an activating group) is 1. The molecule has 0 atom stereocenters. The number of rotatable bonds is 3. The molecule has 0 amide bonds. The van der Waals surface area contributed by atoms with Crippen molar-refractivity contribution in [3.63, 3.8) is 0 Å². The Kier molecular flexibility index (Phi) is 3.53. The number of hydrogen-bond donors (Lipinski definition) is 1. The predicted octanol–water partition coefficient (Wildman–Crippen LogP) is 2.10. The highest BCUT2D eigenvalue weighted by molar-refractivity contribution is 5.83. The third kappa shape index (κ3) is 2.65. The fourth-order valence-corrected chi connectivity index (χ4v) is 2.73. The molecule has 0 spiro atoms. The number of piperazine rings is 1. The van der Waals surface area contributed by atoms with Crippen molar-refractivity contribution >= 4 is 10.9 Å². The van der Waals surface area contributed by atoms with Crippen LogP contribution in [0.4, 0.5) is 4.39 Å². The van der Waals surface area contributed by atoms with Gasteiger partial charge in [0.25, 0.3) is 0 Å². The Bertz CT molecular complexity index is 556. The number of nitrogens with one attached hydrogen (secondary N) is 1.